The third-order valence-corrected chi connectivity index (χ3v) is 7.75. The van der Waals surface area contributed by atoms with Crippen molar-refractivity contribution in [3.63, 3.8) is 0 Å². The molecule has 0 radical (unpaired) electrons. The van der Waals surface area contributed by atoms with Crippen molar-refractivity contribution in [3.8, 4) is 0 Å². The first-order chi connectivity index (χ1) is 9.63. The van der Waals surface area contributed by atoms with Gasteiger partial charge in [0.1, 0.15) is 5.37 Å². The molecule has 0 aromatic rings. The molecule has 0 spiro atoms. The molecule has 2 unspecified atom stereocenters. The maximum atomic E-state index is 12.2. The molecular weight excluding hydrogens is 292 g/mol. The van der Waals surface area contributed by atoms with Gasteiger partial charge in [-0.1, -0.05) is 13.3 Å². The molecule has 0 amide bonds. The highest BCUT2D eigenvalue weighted by Crippen LogP contribution is 2.22. The first kappa shape index (κ1) is 16.6. The minimum Gasteiger partial charge on any atom is -0.314 e. The van der Waals surface area contributed by atoms with Crippen LogP contribution in [-0.4, -0.2) is 61.6 Å². The minimum absolute atomic E-state index is 0.245. The van der Waals surface area contributed by atoms with E-state index in [1.165, 1.54) is 25.7 Å². The van der Waals surface area contributed by atoms with Crippen molar-refractivity contribution in [3.05, 3.63) is 0 Å². The van der Waals surface area contributed by atoms with Crippen LogP contribution in [0.25, 0.3) is 0 Å². The van der Waals surface area contributed by atoms with E-state index in [1.54, 1.807) is 18.7 Å². The van der Waals surface area contributed by atoms with Gasteiger partial charge in [0.05, 0.1) is 0 Å². The van der Waals surface area contributed by atoms with Gasteiger partial charge in [-0.15, -0.1) is 0 Å². The Hall–Kier alpha value is 0.220. The summed E-state index contributed by atoms with van der Waals surface area (Å²) in [5.74, 6) is 2.08. The number of rotatable bonds is 6. The van der Waals surface area contributed by atoms with Gasteiger partial charge in [-0.05, 0) is 38.8 Å². The van der Waals surface area contributed by atoms with Gasteiger partial charge in [-0.2, -0.15) is 11.8 Å². The summed E-state index contributed by atoms with van der Waals surface area (Å²) in [6.07, 6.45) is 6.22. The molecule has 20 heavy (non-hydrogen) atoms. The summed E-state index contributed by atoms with van der Waals surface area (Å²) in [6.45, 7) is 4.77. The Morgan fingerprint density at radius 1 is 1.35 bits per heavy atom. The molecule has 0 aliphatic carbocycles. The zero-order valence-corrected chi connectivity index (χ0v) is 14.1. The summed E-state index contributed by atoms with van der Waals surface area (Å²) < 4.78 is 24.3. The van der Waals surface area contributed by atoms with Crippen molar-refractivity contribution in [2.45, 2.75) is 50.4 Å². The summed E-state index contributed by atoms with van der Waals surface area (Å²) >= 11 is 1.78. The molecule has 4 nitrogen and oxygen atoms in total. The van der Waals surface area contributed by atoms with Crippen molar-refractivity contribution < 1.29 is 8.42 Å². The van der Waals surface area contributed by atoms with Gasteiger partial charge in [0.2, 0.25) is 0 Å². The molecule has 2 aliphatic rings. The maximum Gasteiger partial charge on any atom is 0.166 e. The van der Waals surface area contributed by atoms with Crippen LogP contribution in [0.4, 0.5) is 0 Å². The van der Waals surface area contributed by atoms with Gasteiger partial charge in [-0.25, -0.2) is 8.42 Å². The zero-order chi connectivity index (χ0) is 14.4. The quantitative estimate of drug-likeness (QED) is 0.807. The zero-order valence-electron chi connectivity index (χ0n) is 12.5. The Bertz CT molecular complexity index is 381. The van der Waals surface area contributed by atoms with Crippen LogP contribution in [0.15, 0.2) is 0 Å². The summed E-state index contributed by atoms with van der Waals surface area (Å²) in [5.41, 5.74) is 0. The van der Waals surface area contributed by atoms with Crippen LogP contribution < -0.4 is 5.32 Å². The van der Waals surface area contributed by atoms with E-state index in [4.69, 9.17) is 0 Å². The highest BCUT2D eigenvalue weighted by molar-refractivity contribution is 8.01. The fourth-order valence-corrected chi connectivity index (χ4v) is 6.22. The Balaban J connectivity index is 1.80. The molecule has 0 bridgehead atoms. The second kappa shape index (κ2) is 8.01. The monoisotopic (exact) mass is 320 g/mol. The Labute approximate surface area is 128 Å². The number of sulfone groups is 1. The Morgan fingerprint density at radius 3 is 2.90 bits per heavy atom. The molecular formula is C14H28N2O2S2. The number of nitrogens with one attached hydrogen (secondary N) is 1. The SMILES string of the molecule is CCS(=O)(=O)C1CSCCN1CCCC1CCCCN1. The van der Waals surface area contributed by atoms with Crippen LogP contribution >= 0.6 is 11.8 Å². The van der Waals surface area contributed by atoms with Crippen molar-refractivity contribution in [2.24, 2.45) is 0 Å². The van der Waals surface area contributed by atoms with Gasteiger partial charge >= 0.3 is 0 Å². The van der Waals surface area contributed by atoms with Crippen LogP contribution in [0.1, 0.15) is 39.0 Å². The Kier molecular flexibility index (Phi) is 6.65. The lowest BCUT2D eigenvalue weighted by molar-refractivity contribution is 0.254. The molecule has 0 saturated carbocycles. The third kappa shape index (κ3) is 4.61. The number of hydrogen-bond donors (Lipinski definition) is 1. The number of hydrogen-bond acceptors (Lipinski definition) is 5. The first-order valence-electron chi connectivity index (χ1n) is 7.90. The third-order valence-electron chi connectivity index (χ3n) is 4.42. The van der Waals surface area contributed by atoms with Crippen molar-refractivity contribution in [2.75, 3.05) is 36.9 Å². The highest BCUT2D eigenvalue weighted by Gasteiger charge is 2.32. The highest BCUT2D eigenvalue weighted by atomic mass is 32.2. The second-order valence-corrected chi connectivity index (χ2v) is 9.40. The summed E-state index contributed by atoms with van der Waals surface area (Å²) in [5, 5.41) is 3.32. The molecule has 2 fully saturated rings. The molecule has 6 heteroatoms. The van der Waals surface area contributed by atoms with Gasteiger partial charge in [-0.3, -0.25) is 4.90 Å². The van der Waals surface area contributed by atoms with E-state index < -0.39 is 9.84 Å². The summed E-state index contributed by atoms with van der Waals surface area (Å²) in [6, 6.07) is 0.657. The Morgan fingerprint density at radius 2 is 2.20 bits per heavy atom. The molecule has 118 valence electrons. The predicted octanol–water partition coefficient (Wildman–Crippen LogP) is 1.72. The average molecular weight is 321 g/mol. The van der Waals surface area contributed by atoms with Gasteiger partial charge < -0.3 is 5.32 Å². The molecule has 2 rings (SSSR count). The van der Waals surface area contributed by atoms with E-state index in [-0.39, 0.29) is 11.1 Å². The molecule has 2 saturated heterocycles. The maximum absolute atomic E-state index is 12.2. The largest absolute Gasteiger partial charge is 0.314 e. The predicted molar refractivity (Wildman–Crippen MR) is 87.0 cm³/mol. The van der Waals surface area contributed by atoms with E-state index in [0.717, 1.165) is 37.6 Å². The molecule has 2 atom stereocenters. The van der Waals surface area contributed by atoms with Crippen LogP contribution in [0.3, 0.4) is 0 Å². The topological polar surface area (TPSA) is 49.4 Å². The summed E-state index contributed by atoms with van der Waals surface area (Å²) in [4.78, 5) is 2.21. The van der Waals surface area contributed by atoms with Gasteiger partial charge in [0, 0.05) is 29.8 Å². The molecule has 2 aliphatic heterocycles. The molecule has 2 heterocycles. The van der Waals surface area contributed by atoms with Crippen LogP contribution in [0.5, 0.6) is 0 Å². The molecule has 0 aromatic carbocycles. The normalized spacial score (nSPS) is 29.4. The number of thioether (sulfide) groups is 1. The van der Waals surface area contributed by atoms with Crippen LogP contribution in [-0.2, 0) is 9.84 Å². The van der Waals surface area contributed by atoms with Crippen LogP contribution in [0, 0.1) is 0 Å². The molecule has 0 aromatic heterocycles. The van der Waals surface area contributed by atoms with Crippen molar-refractivity contribution in [1.82, 2.24) is 10.2 Å². The standard InChI is InChI=1S/C14H28N2O2S2/c1-2-20(17,18)14-12-19-11-10-16(14)9-5-7-13-6-3-4-8-15-13/h13-15H,2-12H2,1H3. The lowest BCUT2D eigenvalue weighted by Gasteiger charge is -2.35. The van der Waals surface area contributed by atoms with Crippen molar-refractivity contribution >= 4 is 21.6 Å². The lowest BCUT2D eigenvalue weighted by Crippen LogP contribution is -2.48. The smallest absolute Gasteiger partial charge is 0.166 e. The fourth-order valence-electron chi connectivity index (χ4n) is 3.11. The number of piperidine rings is 1. The summed E-state index contributed by atoms with van der Waals surface area (Å²) in [7, 11) is -2.94. The molecule has 1 N–H and O–H groups in total. The minimum atomic E-state index is -2.94. The van der Waals surface area contributed by atoms with Gasteiger partial charge in [0.15, 0.2) is 9.84 Å². The van der Waals surface area contributed by atoms with E-state index in [9.17, 15) is 8.42 Å². The van der Waals surface area contributed by atoms with E-state index >= 15 is 0 Å². The van der Waals surface area contributed by atoms with Gasteiger partial charge in [0.25, 0.3) is 0 Å². The first-order valence-corrected chi connectivity index (χ1v) is 10.8. The lowest BCUT2D eigenvalue weighted by atomic mass is 10.0. The van der Waals surface area contributed by atoms with Crippen LogP contribution in [0.2, 0.25) is 0 Å². The van der Waals surface area contributed by atoms with E-state index in [1.807, 2.05) is 0 Å². The number of nitrogens with zero attached hydrogens (tertiary/aromatic N) is 1. The van der Waals surface area contributed by atoms with E-state index in [2.05, 4.69) is 10.2 Å². The van der Waals surface area contributed by atoms with E-state index in [0.29, 0.717) is 6.04 Å². The second-order valence-electron chi connectivity index (χ2n) is 5.81. The average Bonchev–Trinajstić information content (AvgIpc) is 2.49. The van der Waals surface area contributed by atoms with Crippen molar-refractivity contribution in [1.29, 1.82) is 0 Å². The fraction of sp³-hybridized carbons (Fsp3) is 1.00.